The second kappa shape index (κ2) is 5.61. The maximum absolute atomic E-state index is 5.66. The zero-order valence-corrected chi connectivity index (χ0v) is 8.84. The Morgan fingerprint density at radius 2 is 1.77 bits per heavy atom. The highest BCUT2D eigenvalue weighted by Gasteiger charge is 2.23. The van der Waals surface area contributed by atoms with Gasteiger partial charge in [-0.25, -0.2) is 0 Å². The maximum atomic E-state index is 5.66. The molecule has 1 aliphatic rings. The Morgan fingerprint density at radius 3 is 2.23 bits per heavy atom. The first-order valence-corrected chi connectivity index (χ1v) is 5.68. The fourth-order valence-corrected chi connectivity index (χ4v) is 2.49. The third-order valence-electron chi connectivity index (χ3n) is 3.65. The van der Waals surface area contributed by atoms with Crippen LogP contribution >= 0.6 is 0 Å². The van der Waals surface area contributed by atoms with Gasteiger partial charge in [-0.1, -0.05) is 6.92 Å². The van der Waals surface area contributed by atoms with Gasteiger partial charge in [0.1, 0.15) is 0 Å². The first-order chi connectivity index (χ1) is 6.27. The monoisotopic (exact) mass is 184 g/mol. The standard InChI is InChI=1S/C11H24N2/c1-9(6-7-12)11-4-2-10(8-13)3-5-11/h9-11H,2-8,12-13H2,1H3. The average molecular weight is 184 g/mol. The minimum absolute atomic E-state index is 0.807. The van der Waals surface area contributed by atoms with E-state index in [9.17, 15) is 0 Å². The van der Waals surface area contributed by atoms with E-state index in [1.807, 2.05) is 0 Å². The summed E-state index contributed by atoms with van der Waals surface area (Å²) in [5.74, 6) is 2.55. The van der Waals surface area contributed by atoms with Gasteiger partial charge in [0.25, 0.3) is 0 Å². The number of hydrogen-bond acceptors (Lipinski definition) is 2. The topological polar surface area (TPSA) is 52.0 Å². The minimum atomic E-state index is 0.807. The van der Waals surface area contributed by atoms with Gasteiger partial charge in [-0.2, -0.15) is 0 Å². The Labute approximate surface area is 82.1 Å². The number of hydrogen-bond donors (Lipinski definition) is 2. The quantitative estimate of drug-likeness (QED) is 0.699. The molecule has 0 radical (unpaired) electrons. The molecule has 2 heteroatoms. The van der Waals surface area contributed by atoms with Crippen LogP contribution in [0, 0.1) is 17.8 Å². The van der Waals surface area contributed by atoms with E-state index in [0.717, 1.165) is 30.8 Å². The Morgan fingerprint density at radius 1 is 1.15 bits per heavy atom. The van der Waals surface area contributed by atoms with E-state index in [1.165, 1.54) is 32.1 Å². The Kier molecular flexibility index (Phi) is 4.74. The molecular weight excluding hydrogens is 160 g/mol. The Hall–Kier alpha value is -0.0800. The van der Waals surface area contributed by atoms with Crippen LogP contribution in [0.5, 0.6) is 0 Å². The van der Waals surface area contributed by atoms with Gasteiger partial charge in [0.2, 0.25) is 0 Å². The summed E-state index contributed by atoms with van der Waals surface area (Å²) in [6.07, 6.45) is 6.64. The van der Waals surface area contributed by atoms with Crippen LogP contribution in [0.15, 0.2) is 0 Å². The van der Waals surface area contributed by atoms with Crippen LogP contribution < -0.4 is 11.5 Å². The molecule has 0 spiro atoms. The summed E-state index contributed by atoms with van der Waals surface area (Å²) in [7, 11) is 0. The van der Waals surface area contributed by atoms with Crippen molar-refractivity contribution in [2.24, 2.45) is 29.2 Å². The van der Waals surface area contributed by atoms with Crippen molar-refractivity contribution in [1.82, 2.24) is 0 Å². The molecule has 0 saturated heterocycles. The largest absolute Gasteiger partial charge is 0.330 e. The maximum Gasteiger partial charge on any atom is -0.00489 e. The molecule has 0 bridgehead atoms. The van der Waals surface area contributed by atoms with Gasteiger partial charge in [-0.15, -0.1) is 0 Å². The van der Waals surface area contributed by atoms with E-state index in [2.05, 4.69) is 6.92 Å². The van der Waals surface area contributed by atoms with Crippen LogP contribution in [-0.2, 0) is 0 Å². The summed E-state index contributed by atoms with van der Waals surface area (Å²) in [5, 5.41) is 0. The minimum Gasteiger partial charge on any atom is -0.330 e. The molecule has 0 heterocycles. The molecule has 78 valence electrons. The van der Waals surface area contributed by atoms with E-state index >= 15 is 0 Å². The van der Waals surface area contributed by atoms with Gasteiger partial charge in [0, 0.05) is 0 Å². The number of rotatable bonds is 4. The lowest BCUT2D eigenvalue weighted by molar-refractivity contribution is 0.211. The lowest BCUT2D eigenvalue weighted by Gasteiger charge is -2.31. The third-order valence-corrected chi connectivity index (χ3v) is 3.65. The van der Waals surface area contributed by atoms with Crippen LogP contribution in [-0.4, -0.2) is 13.1 Å². The van der Waals surface area contributed by atoms with Crippen molar-refractivity contribution in [3.05, 3.63) is 0 Å². The molecule has 0 aromatic carbocycles. The zero-order valence-electron chi connectivity index (χ0n) is 8.84. The summed E-state index contributed by atoms with van der Waals surface area (Å²) in [4.78, 5) is 0. The molecule has 13 heavy (non-hydrogen) atoms. The summed E-state index contributed by atoms with van der Waals surface area (Å²) >= 11 is 0. The highest BCUT2D eigenvalue weighted by molar-refractivity contribution is 4.76. The third kappa shape index (κ3) is 3.28. The highest BCUT2D eigenvalue weighted by Crippen LogP contribution is 2.33. The molecule has 2 nitrogen and oxygen atoms in total. The van der Waals surface area contributed by atoms with Gasteiger partial charge in [-0.05, 0) is 62.9 Å². The van der Waals surface area contributed by atoms with Crippen molar-refractivity contribution in [2.45, 2.75) is 39.0 Å². The van der Waals surface area contributed by atoms with Crippen LogP contribution in [0.25, 0.3) is 0 Å². The fourth-order valence-electron chi connectivity index (χ4n) is 2.49. The van der Waals surface area contributed by atoms with Crippen molar-refractivity contribution >= 4 is 0 Å². The fraction of sp³-hybridized carbons (Fsp3) is 1.00. The van der Waals surface area contributed by atoms with E-state index in [4.69, 9.17) is 11.5 Å². The molecule has 1 rings (SSSR count). The van der Waals surface area contributed by atoms with E-state index in [0.29, 0.717) is 0 Å². The van der Waals surface area contributed by atoms with Gasteiger partial charge in [-0.3, -0.25) is 0 Å². The molecule has 1 aliphatic carbocycles. The molecule has 1 fully saturated rings. The molecular formula is C11H24N2. The van der Waals surface area contributed by atoms with Crippen molar-refractivity contribution in [1.29, 1.82) is 0 Å². The van der Waals surface area contributed by atoms with Gasteiger partial charge in [0.05, 0.1) is 0 Å². The summed E-state index contributed by atoms with van der Waals surface area (Å²) in [6, 6.07) is 0. The predicted octanol–water partition coefficient (Wildman–Crippen LogP) is 1.74. The molecule has 4 N–H and O–H groups in total. The first-order valence-electron chi connectivity index (χ1n) is 5.68. The molecule has 0 aromatic rings. The lowest BCUT2D eigenvalue weighted by Crippen LogP contribution is -2.25. The van der Waals surface area contributed by atoms with Gasteiger partial charge in [0.15, 0.2) is 0 Å². The van der Waals surface area contributed by atoms with Crippen LogP contribution in [0.2, 0.25) is 0 Å². The van der Waals surface area contributed by atoms with Gasteiger partial charge >= 0.3 is 0 Å². The van der Waals surface area contributed by atoms with E-state index in [1.54, 1.807) is 0 Å². The van der Waals surface area contributed by atoms with Crippen LogP contribution in [0.4, 0.5) is 0 Å². The second-order valence-corrected chi connectivity index (χ2v) is 4.57. The Balaban J connectivity index is 2.23. The average Bonchev–Trinajstić information content (AvgIpc) is 2.18. The van der Waals surface area contributed by atoms with Gasteiger partial charge < -0.3 is 11.5 Å². The highest BCUT2D eigenvalue weighted by atomic mass is 14.6. The number of nitrogens with two attached hydrogens (primary N) is 2. The Bertz CT molecular complexity index is 128. The summed E-state index contributed by atoms with van der Waals surface area (Å²) < 4.78 is 0. The second-order valence-electron chi connectivity index (χ2n) is 4.57. The summed E-state index contributed by atoms with van der Waals surface area (Å²) in [6.45, 7) is 4.08. The van der Waals surface area contributed by atoms with Crippen LogP contribution in [0.1, 0.15) is 39.0 Å². The van der Waals surface area contributed by atoms with Crippen molar-refractivity contribution < 1.29 is 0 Å². The first kappa shape index (κ1) is 11.0. The van der Waals surface area contributed by atoms with Crippen LogP contribution in [0.3, 0.4) is 0 Å². The normalized spacial score (nSPS) is 31.6. The lowest BCUT2D eigenvalue weighted by atomic mass is 9.75. The molecule has 0 amide bonds. The zero-order chi connectivity index (χ0) is 9.68. The van der Waals surface area contributed by atoms with E-state index < -0.39 is 0 Å². The van der Waals surface area contributed by atoms with Crippen molar-refractivity contribution in [3.8, 4) is 0 Å². The smallest absolute Gasteiger partial charge is 0.00489 e. The molecule has 0 aromatic heterocycles. The molecule has 0 aliphatic heterocycles. The van der Waals surface area contributed by atoms with E-state index in [-0.39, 0.29) is 0 Å². The van der Waals surface area contributed by atoms with Crippen molar-refractivity contribution in [2.75, 3.05) is 13.1 Å². The molecule has 1 saturated carbocycles. The van der Waals surface area contributed by atoms with Crippen molar-refractivity contribution in [3.63, 3.8) is 0 Å². The molecule has 1 atom stereocenters. The molecule has 1 unspecified atom stereocenters. The SMILES string of the molecule is CC(CCN)C1CCC(CN)CC1. The predicted molar refractivity (Wildman–Crippen MR) is 57.3 cm³/mol. The summed E-state index contributed by atoms with van der Waals surface area (Å²) in [5.41, 5.74) is 11.2.